The van der Waals surface area contributed by atoms with Gasteiger partial charge in [-0.05, 0) is 70.9 Å². The SMILES string of the molecule is CCOc1cccc(C(O)=C2C(=O)C(=O)N(c3nc4ccc(OC)cc4s3)C2c2cc(Br)c(O)c(OC)c2)c1. The van der Waals surface area contributed by atoms with E-state index in [2.05, 4.69) is 20.9 Å². The molecule has 39 heavy (non-hydrogen) atoms. The van der Waals surface area contributed by atoms with Crippen LogP contribution in [0.2, 0.25) is 0 Å². The minimum absolute atomic E-state index is 0.123. The number of rotatable bonds is 7. The van der Waals surface area contributed by atoms with Crippen molar-refractivity contribution in [3.05, 3.63) is 75.8 Å². The predicted molar refractivity (Wildman–Crippen MR) is 151 cm³/mol. The number of amides is 1. The maximum atomic E-state index is 13.6. The summed E-state index contributed by atoms with van der Waals surface area (Å²) in [5, 5.41) is 22.1. The number of fused-ring (bicyclic) bond motifs is 1. The number of hydrogen-bond donors (Lipinski definition) is 2. The predicted octanol–water partition coefficient (Wildman–Crippen LogP) is 5.81. The topological polar surface area (TPSA) is 118 Å². The zero-order chi connectivity index (χ0) is 27.8. The van der Waals surface area contributed by atoms with Gasteiger partial charge in [-0.25, -0.2) is 4.98 Å². The van der Waals surface area contributed by atoms with Gasteiger partial charge < -0.3 is 24.4 Å². The number of nitrogens with zero attached hydrogens (tertiary/aromatic N) is 2. The zero-order valence-corrected chi connectivity index (χ0v) is 23.5. The van der Waals surface area contributed by atoms with E-state index in [1.54, 1.807) is 55.6 Å². The molecule has 1 aliphatic rings. The van der Waals surface area contributed by atoms with Crippen molar-refractivity contribution in [1.29, 1.82) is 0 Å². The maximum absolute atomic E-state index is 13.6. The van der Waals surface area contributed by atoms with Crippen molar-refractivity contribution in [3.63, 3.8) is 0 Å². The van der Waals surface area contributed by atoms with Gasteiger partial charge in [-0.15, -0.1) is 0 Å². The van der Waals surface area contributed by atoms with Crippen LogP contribution < -0.4 is 19.1 Å². The lowest BCUT2D eigenvalue weighted by Crippen LogP contribution is -2.29. The first-order valence-electron chi connectivity index (χ1n) is 11.8. The van der Waals surface area contributed by atoms with E-state index in [9.17, 15) is 19.8 Å². The number of aromatic nitrogens is 1. The zero-order valence-electron chi connectivity index (χ0n) is 21.1. The van der Waals surface area contributed by atoms with Crippen LogP contribution >= 0.6 is 27.3 Å². The molecule has 1 saturated heterocycles. The van der Waals surface area contributed by atoms with Crippen molar-refractivity contribution >= 4 is 60.1 Å². The lowest BCUT2D eigenvalue weighted by atomic mass is 9.95. The summed E-state index contributed by atoms with van der Waals surface area (Å²) in [7, 11) is 2.95. The third-order valence-corrected chi connectivity index (χ3v) is 7.86. The summed E-state index contributed by atoms with van der Waals surface area (Å²) >= 11 is 4.53. The number of carbonyl (C=O) groups excluding carboxylic acids is 2. The van der Waals surface area contributed by atoms with Gasteiger partial charge in [0.2, 0.25) is 0 Å². The fourth-order valence-electron chi connectivity index (χ4n) is 4.43. The van der Waals surface area contributed by atoms with Crippen LogP contribution in [0.3, 0.4) is 0 Å². The molecule has 4 aromatic rings. The van der Waals surface area contributed by atoms with Crippen LogP contribution in [0.5, 0.6) is 23.0 Å². The number of anilines is 1. The van der Waals surface area contributed by atoms with Gasteiger partial charge in [0.25, 0.3) is 5.78 Å². The lowest BCUT2D eigenvalue weighted by Gasteiger charge is -2.24. The number of phenols is 1. The van der Waals surface area contributed by atoms with Crippen LogP contribution in [0.4, 0.5) is 5.13 Å². The number of aliphatic hydroxyl groups excluding tert-OH is 1. The van der Waals surface area contributed by atoms with Crippen LogP contribution in [-0.2, 0) is 9.59 Å². The third kappa shape index (κ3) is 4.68. The lowest BCUT2D eigenvalue weighted by molar-refractivity contribution is -0.132. The number of hydrogen-bond acceptors (Lipinski definition) is 9. The highest BCUT2D eigenvalue weighted by molar-refractivity contribution is 9.10. The Kier molecular flexibility index (Phi) is 7.19. The van der Waals surface area contributed by atoms with Gasteiger partial charge in [-0.1, -0.05) is 23.5 Å². The third-order valence-electron chi connectivity index (χ3n) is 6.24. The van der Waals surface area contributed by atoms with Gasteiger partial charge in [-0.2, -0.15) is 0 Å². The minimum atomic E-state index is -1.07. The highest BCUT2D eigenvalue weighted by Gasteiger charge is 2.48. The van der Waals surface area contributed by atoms with Crippen LogP contribution in [0.1, 0.15) is 24.1 Å². The molecule has 0 spiro atoms. The molecular weight excluding hydrogens is 588 g/mol. The summed E-state index contributed by atoms with van der Waals surface area (Å²) < 4.78 is 17.2. The molecule has 11 heteroatoms. The van der Waals surface area contributed by atoms with Crippen molar-refractivity contribution in [2.75, 3.05) is 25.7 Å². The van der Waals surface area contributed by atoms with Crippen molar-refractivity contribution in [1.82, 2.24) is 4.98 Å². The Morgan fingerprint density at radius 1 is 1.08 bits per heavy atom. The van der Waals surface area contributed by atoms with E-state index in [0.717, 1.165) is 4.70 Å². The highest BCUT2D eigenvalue weighted by Crippen LogP contribution is 2.47. The number of phenolic OH excluding ortho intramolecular Hbond substituents is 1. The quantitative estimate of drug-likeness (QED) is 0.153. The maximum Gasteiger partial charge on any atom is 0.301 e. The number of halogens is 1. The molecule has 200 valence electrons. The molecule has 2 N–H and O–H groups in total. The van der Waals surface area contributed by atoms with Gasteiger partial charge in [0.05, 0.1) is 47.1 Å². The molecule has 0 bridgehead atoms. The second-order valence-electron chi connectivity index (χ2n) is 8.51. The number of methoxy groups -OCH3 is 2. The average Bonchev–Trinajstić information content (AvgIpc) is 3.47. The fourth-order valence-corrected chi connectivity index (χ4v) is 5.91. The summed E-state index contributed by atoms with van der Waals surface area (Å²) in [5.74, 6) is -0.990. The molecular formula is C28H23BrN2O7S. The van der Waals surface area contributed by atoms with Gasteiger partial charge >= 0.3 is 5.91 Å². The van der Waals surface area contributed by atoms with Gasteiger partial charge in [0, 0.05) is 5.56 Å². The average molecular weight is 611 g/mol. The van der Waals surface area contributed by atoms with E-state index in [1.807, 2.05) is 6.92 Å². The Balaban J connectivity index is 1.75. The fraction of sp³-hybridized carbons (Fsp3) is 0.179. The van der Waals surface area contributed by atoms with Crippen molar-refractivity contribution in [2.45, 2.75) is 13.0 Å². The second kappa shape index (κ2) is 10.6. The Morgan fingerprint density at radius 2 is 1.87 bits per heavy atom. The van der Waals surface area contributed by atoms with Crippen molar-refractivity contribution in [3.8, 4) is 23.0 Å². The molecule has 5 rings (SSSR count). The number of Topliss-reactive ketones (excluding diaryl/α,β-unsaturated/α-hetero) is 1. The second-order valence-corrected chi connectivity index (χ2v) is 10.4. The summed E-state index contributed by atoms with van der Waals surface area (Å²) in [6, 6.07) is 14.0. The van der Waals surface area contributed by atoms with Crippen LogP contribution in [0.25, 0.3) is 16.0 Å². The smallest absolute Gasteiger partial charge is 0.301 e. The van der Waals surface area contributed by atoms with Gasteiger partial charge in [0.15, 0.2) is 16.6 Å². The van der Waals surface area contributed by atoms with Crippen LogP contribution in [0.15, 0.2) is 64.6 Å². The number of ketones is 1. The number of aliphatic hydroxyl groups is 1. The van der Waals surface area contributed by atoms with E-state index in [0.29, 0.717) is 34.7 Å². The standard InChI is InChI=1S/C28H23BrN2O7S/c1-4-38-17-7-5-6-14(10-17)24(32)22-23(15-11-18(29)25(33)20(12-15)37-3)31(27(35)26(22)34)28-30-19-9-8-16(36-2)13-21(19)39-28/h5-13,23,32-33H,4H2,1-3H3. The molecule has 1 aromatic heterocycles. The number of carbonyl (C=O) groups is 2. The number of thiazole rings is 1. The normalized spacial score (nSPS) is 16.6. The minimum Gasteiger partial charge on any atom is -0.507 e. The Bertz CT molecular complexity index is 1650. The molecule has 0 radical (unpaired) electrons. The van der Waals surface area contributed by atoms with E-state index < -0.39 is 17.7 Å². The number of aromatic hydroxyl groups is 1. The molecule has 9 nitrogen and oxygen atoms in total. The summed E-state index contributed by atoms with van der Waals surface area (Å²) in [6.45, 7) is 2.25. The Morgan fingerprint density at radius 3 is 2.59 bits per heavy atom. The first kappa shape index (κ1) is 26.5. The van der Waals surface area contributed by atoms with E-state index in [-0.39, 0.29) is 32.4 Å². The monoisotopic (exact) mass is 610 g/mol. The molecule has 0 aliphatic carbocycles. The molecule has 1 aliphatic heterocycles. The molecule has 2 heterocycles. The van der Waals surface area contributed by atoms with Gasteiger partial charge in [-0.3, -0.25) is 14.5 Å². The first-order valence-corrected chi connectivity index (χ1v) is 13.4. The van der Waals surface area contributed by atoms with Crippen LogP contribution in [-0.4, -0.2) is 47.7 Å². The largest absolute Gasteiger partial charge is 0.507 e. The molecule has 3 aromatic carbocycles. The van der Waals surface area contributed by atoms with Crippen LogP contribution in [0, 0.1) is 0 Å². The molecule has 1 amide bonds. The van der Waals surface area contributed by atoms with E-state index in [4.69, 9.17) is 14.2 Å². The van der Waals surface area contributed by atoms with E-state index >= 15 is 0 Å². The molecule has 1 fully saturated rings. The Labute approximate surface area is 236 Å². The highest BCUT2D eigenvalue weighted by atomic mass is 79.9. The molecule has 1 atom stereocenters. The summed E-state index contributed by atoms with van der Waals surface area (Å²) in [6.07, 6.45) is 0. The van der Waals surface area contributed by atoms with Gasteiger partial charge in [0.1, 0.15) is 17.3 Å². The van der Waals surface area contributed by atoms with E-state index in [1.165, 1.54) is 29.4 Å². The number of benzene rings is 3. The molecule has 1 unspecified atom stereocenters. The van der Waals surface area contributed by atoms with Crippen molar-refractivity contribution < 1.29 is 34.0 Å². The summed E-state index contributed by atoms with van der Waals surface area (Å²) in [5.41, 5.74) is 1.20. The van der Waals surface area contributed by atoms with Crippen molar-refractivity contribution in [2.24, 2.45) is 0 Å². The number of ether oxygens (including phenoxy) is 3. The summed E-state index contributed by atoms with van der Waals surface area (Å²) in [4.78, 5) is 33.0. The Hall–Kier alpha value is -4.09. The molecule has 0 saturated carbocycles. The first-order chi connectivity index (χ1) is 18.8.